The molecule has 1 rings (SSSR count). The van der Waals surface area contributed by atoms with Crippen molar-refractivity contribution in [2.24, 2.45) is 5.73 Å². The highest BCUT2D eigenvalue weighted by Crippen LogP contribution is 2.17. The van der Waals surface area contributed by atoms with E-state index >= 15 is 0 Å². The third-order valence-corrected chi connectivity index (χ3v) is 2.35. The van der Waals surface area contributed by atoms with Gasteiger partial charge < -0.3 is 11.1 Å². The van der Waals surface area contributed by atoms with Gasteiger partial charge in [0.2, 0.25) is 0 Å². The van der Waals surface area contributed by atoms with Crippen LogP contribution < -0.4 is 11.1 Å². The van der Waals surface area contributed by atoms with E-state index in [1.54, 1.807) is 6.20 Å². The molecule has 0 atom stereocenters. The summed E-state index contributed by atoms with van der Waals surface area (Å²) in [6, 6.07) is 0. The van der Waals surface area contributed by atoms with Crippen LogP contribution in [0.1, 0.15) is 4.88 Å². The number of nitro groups is 1. The third kappa shape index (κ3) is 3.58. The molecule has 8 heteroatoms. The Kier molecular flexibility index (Phi) is 3.66. The van der Waals surface area contributed by atoms with Crippen LogP contribution in [0.3, 0.4) is 0 Å². The molecule has 6 nitrogen and oxygen atoms in total. The molecule has 1 heterocycles. The number of nitrogens with one attached hydrogen (secondary N) is 1. The van der Waals surface area contributed by atoms with Gasteiger partial charge in [0, 0.05) is 11.1 Å². The molecular formula is C6H7ClN4O2S. The van der Waals surface area contributed by atoms with Crippen molar-refractivity contribution in [1.29, 1.82) is 0 Å². The van der Waals surface area contributed by atoms with E-state index < -0.39 is 4.92 Å². The molecule has 0 aliphatic carbocycles. The molecule has 0 bridgehead atoms. The predicted octanol–water partition coefficient (Wildman–Crippen LogP) is 0.920. The Labute approximate surface area is 88.5 Å². The Morgan fingerprint density at radius 2 is 2.64 bits per heavy atom. The highest BCUT2D eigenvalue weighted by Gasteiger charge is 2.00. The van der Waals surface area contributed by atoms with Crippen LogP contribution in [0.2, 0.25) is 4.47 Å². The first-order valence-electron chi connectivity index (χ1n) is 3.53. The van der Waals surface area contributed by atoms with Crippen LogP contribution in [-0.2, 0) is 6.54 Å². The molecular weight excluding hydrogens is 228 g/mol. The van der Waals surface area contributed by atoms with Crippen molar-refractivity contribution in [3.8, 4) is 0 Å². The van der Waals surface area contributed by atoms with Crippen molar-refractivity contribution in [3.63, 3.8) is 0 Å². The molecule has 0 aromatic carbocycles. The SMILES string of the molecule is N/C(=C\[N+](=O)[O-])NCc1cnc(Cl)s1. The summed E-state index contributed by atoms with van der Waals surface area (Å²) in [5, 5.41) is 12.7. The third-order valence-electron chi connectivity index (χ3n) is 1.24. The molecule has 0 spiro atoms. The molecule has 1 aromatic rings. The zero-order valence-corrected chi connectivity index (χ0v) is 8.51. The molecule has 76 valence electrons. The van der Waals surface area contributed by atoms with Gasteiger partial charge in [0.25, 0.3) is 6.20 Å². The molecule has 0 aliphatic rings. The van der Waals surface area contributed by atoms with Gasteiger partial charge >= 0.3 is 0 Å². The van der Waals surface area contributed by atoms with Crippen LogP contribution in [-0.4, -0.2) is 9.91 Å². The molecule has 0 unspecified atom stereocenters. The second-order valence-corrected chi connectivity index (χ2v) is 4.00. The first-order chi connectivity index (χ1) is 6.58. The minimum absolute atomic E-state index is 0.000442. The second-order valence-electron chi connectivity index (χ2n) is 2.30. The maximum Gasteiger partial charge on any atom is 0.273 e. The average molecular weight is 235 g/mol. The number of nitrogens with two attached hydrogens (primary N) is 1. The number of aromatic nitrogens is 1. The van der Waals surface area contributed by atoms with Gasteiger partial charge in [-0.1, -0.05) is 11.6 Å². The molecule has 0 saturated heterocycles. The normalized spacial score (nSPS) is 11.4. The quantitative estimate of drug-likeness (QED) is 0.597. The van der Waals surface area contributed by atoms with E-state index in [0.29, 0.717) is 17.2 Å². The molecule has 0 fully saturated rings. The summed E-state index contributed by atoms with van der Waals surface area (Å²) in [7, 11) is 0. The number of thiazole rings is 1. The predicted molar refractivity (Wildman–Crippen MR) is 53.2 cm³/mol. The number of hydrogen-bond donors (Lipinski definition) is 2. The summed E-state index contributed by atoms with van der Waals surface area (Å²) in [4.78, 5) is 14.0. The highest BCUT2D eigenvalue weighted by molar-refractivity contribution is 7.15. The summed E-state index contributed by atoms with van der Waals surface area (Å²) in [5.41, 5.74) is 5.29. The van der Waals surface area contributed by atoms with Gasteiger partial charge in [0.05, 0.1) is 11.5 Å². The molecule has 0 aliphatic heterocycles. The lowest BCUT2D eigenvalue weighted by molar-refractivity contribution is -0.403. The summed E-state index contributed by atoms with van der Waals surface area (Å²) in [6.07, 6.45) is 2.28. The minimum Gasteiger partial charge on any atom is -0.380 e. The van der Waals surface area contributed by atoms with Crippen molar-refractivity contribution in [2.75, 3.05) is 0 Å². The van der Waals surface area contributed by atoms with Gasteiger partial charge in [-0.2, -0.15) is 0 Å². The maximum absolute atomic E-state index is 10.0. The van der Waals surface area contributed by atoms with Crippen LogP contribution in [0.25, 0.3) is 0 Å². The Hall–Kier alpha value is -1.34. The van der Waals surface area contributed by atoms with Crippen LogP contribution in [0, 0.1) is 10.1 Å². The number of halogens is 1. The first kappa shape index (κ1) is 10.7. The lowest BCUT2D eigenvalue weighted by atomic mass is 10.5. The zero-order chi connectivity index (χ0) is 10.6. The van der Waals surface area contributed by atoms with Gasteiger partial charge in [-0.15, -0.1) is 11.3 Å². The lowest BCUT2D eigenvalue weighted by Gasteiger charge is -2.00. The fourth-order valence-corrected chi connectivity index (χ4v) is 1.63. The van der Waals surface area contributed by atoms with Crippen LogP contribution in [0.5, 0.6) is 0 Å². The topological polar surface area (TPSA) is 94.1 Å². The Balaban J connectivity index is 2.45. The summed E-state index contributed by atoms with van der Waals surface area (Å²) < 4.78 is 0.429. The fraction of sp³-hybridized carbons (Fsp3) is 0.167. The average Bonchev–Trinajstić information content (AvgIpc) is 2.47. The van der Waals surface area contributed by atoms with Crippen molar-refractivity contribution < 1.29 is 4.92 Å². The summed E-state index contributed by atoms with van der Waals surface area (Å²) in [6.45, 7) is 0.376. The fourth-order valence-electron chi connectivity index (χ4n) is 0.714. The van der Waals surface area contributed by atoms with Crippen LogP contribution in [0.15, 0.2) is 18.2 Å². The highest BCUT2D eigenvalue weighted by atomic mass is 35.5. The second kappa shape index (κ2) is 4.77. The van der Waals surface area contributed by atoms with Crippen molar-refractivity contribution in [1.82, 2.24) is 10.3 Å². The molecule has 0 amide bonds. The Morgan fingerprint density at radius 3 is 3.14 bits per heavy atom. The van der Waals surface area contributed by atoms with Crippen molar-refractivity contribution >= 4 is 22.9 Å². The van der Waals surface area contributed by atoms with E-state index in [1.165, 1.54) is 11.3 Å². The molecule has 0 radical (unpaired) electrons. The monoisotopic (exact) mass is 234 g/mol. The molecule has 0 saturated carbocycles. The minimum atomic E-state index is -0.623. The molecule has 3 N–H and O–H groups in total. The summed E-state index contributed by atoms with van der Waals surface area (Å²) in [5.74, 6) is -0.000442. The van der Waals surface area contributed by atoms with Gasteiger partial charge in [-0.25, -0.2) is 4.98 Å². The molecule has 14 heavy (non-hydrogen) atoms. The van der Waals surface area contributed by atoms with E-state index in [9.17, 15) is 10.1 Å². The van der Waals surface area contributed by atoms with Crippen LogP contribution >= 0.6 is 22.9 Å². The van der Waals surface area contributed by atoms with Gasteiger partial charge in [-0.3, -0.25) is 10.1 Å². The lowest BCUT2D eigenvalue weighted by Crippen LogP contribution is -2.20. The van der Waals surface area contributed by atoms with Crippen LogP contribution in [0.4, 0.5) is 0 Å². The number of hydrogen-bond acceptors (Lipinski definition) is 6. The van der Waals surface area contributed by atoms with Gasteiger partial charge in [-0.05, 0) is 0 Å². The van der Waals surface area contributed by atoms with E-state index in [0.717, 1.165) is 4.88 Å². The van der Waals surface area contributed by atoms with E-state index in [-0.39, 0.29) is 5.82 Å². The standard InChI is InChI=1S/C6H7ClN4O2S/c7-6-10-2-4(14-6)1-9-5(8)3-11(12)13/h2-3,9H,1,8H2/b5-3+. The maximum atomic E-state index is 10.0. The van der Waals surface area contributed by atoms with E-state index in [4.69, 9.17) is 17.3 Å². The van der Waals surface area contributed by atoms with Gasteiger partial charge in [0.15, 0.2) is 10.3 Å². The van der Waals surface area contributed by atoms with Crippen molar-refractivity contribution in [3.05, 3.63) is 37.7 Å². The van der Waals surface area contributed by atoms with E-state index in [2.05, 4.69) is 10.3 Å². The number of nitrogens with zero attached hydrogens (tertiary/aromatic N) is 2. The van der Waals surface area contributed by atoms with Crippen molar-refractivity contribution in [2.45, 2.75) is 6.54 Å². The smallest absolute Gasteiger partial charge is 0.273 e. The summed E-state index contributed by atoms with van der Waals surface area (Å²) >= 11 is 6.87. The Morgan fingerprint density at radius 1 is 1.93 bits per heavy atom. The molecule has 1 aromatic heterocycles. The Bertz CT molecular complexity index is 364. The first-order valence-corrected chi connectivity index (χ1v) is 4.72. The zero-order valence-electron chi connectivity index (χ0n) is 6.94. The largest absolute Gasteiger partial charge is 0.380 e. The number of rotatable bonds is 4. The van der Waals surface area contributed by atoms with Gasteiger partial charge in [0.1, 0.15) is 0 Å². The van der Waals surface area contributed by atoms with E-state index in [1.807, 2.05) is 0 Å².